The van der Waals surface area contributed by atoms with Crippen LogP contribution in [0.5, 0.6) is 0 Å². The minimum absolute atomic E-state index is 0.163. The zero-order chi connectivity index (χ0) is 10.8. The van der Waals surface area contributed by atoms with Crippen LogP contribution in [0, 0.1) is 0 Å². The number of fused-ring (bicyclic) bond motifs is 1. The summed E-state index contributed by atoms with van der Waals surface area (Å²) in [5.74, 6) is 0. The number of nitrogens with one attached hydrogen (secondary N) is 1. The Bertz CT molecular complexity index is 513. The highest BCUT2D eigenvalue weighted by molar-refractivity contribution is 5.74. The fourth-order valence-electron chi connectivity index (χ4n) is 1.63. The van der Waals surface area contributed by atoms with Crippen LogP contribution in [0.4, 0.5) is 0 Å². The van der Waals surface area contributed by atoms with E-state index in [0.717, 1.165) is 11.0 Å². The standard InChI is InChI=1S/C11H14N2O2/c1-2-8(14)7-13-10-6-4-3-5-9(10)12-11(13)15/h3-6,8,14H,2,7H2,1H3,(H,12,15)/t8-/m0/s1. The molecule has 1 aromatic carbocycles. The molecule has 4 nitrogen and oxygen atoms in total. The number of aromatic nitrogens is 2. The molecule has 15 heavy (non-hydrogen) atoms. The smallest absolute Gasteiger partial charge is 0.326 e. The van der Waals surface area contributed by atoms with Gasteiger partial charge in [0.1, 0.15) is 0 Å². The number of aliphatic hydroxyl groups excluding tert-OH is 1. The summed E-state index contributed by atoms with van der Waals surface area (Å²) in [5.41, 5.74) is 1.49. The number of imidazole rings is 1. The molecule has 0 saturated heterocycles. The van der Waals surface area contributed by atoms with E-state index in [1.165, 1.54) is 0 Å². The minimum Gasteiger partial charge on any atom is -0.391 e. The van der Waals surface area contributed by atoms with E-state index in [4.69, 9.17) is 0 Å². The molecule has 0 amide bonds. The van der Waals surface area contributed by atoms with E-state index in [-0.39, 0.29) is 5.69 Å². The van der Waals surface area contributed by atoms with Crippen molar-refractivity contribution in [3.05, 3.63) is 34.7 Å². The van der Waals surface area contributed by atoms with Crippen LogP contribution in [-0.2, 0) is 6.54 Å². The lowest BCUT2D eigenvalue weighted by molar-refractivity contribution is 0.150. The summed E-state index contributed by atoms with van der Waals surface area (Å²) in [4.78, 5) is 14.3. The molecule has 2 aromatic rings. The predicted molar refractivity (Wildman–Crippen MR) is 58.9 cm³/mol. The monoisotopic (exact) mass is 206 g/mol. The van der Waals surface area contributed by atoms with E-state index in [1.807, 2.05) is 31.2 Å². The maximum Gasteiger partial charge on any atom is 0.326 e. The van der Waals surface area contributed by atoms with Gasteiger partial charge in [0.25, 0.3) is 0 Å². The first-order valence-electron chi connectivity index (χ1n) is 5.08. The minimum atomic E-state index is -0.470. The molecule has 1 heterocycles. The van der Waals surface area contributed by atoms with E-state index < -0.39 is 6.10 Å². The molecule has 0 unspecified atom stereocenters. The quantitative estimate of drug-likeness (QED) is 0.790. The second-order valence-electron chi connectivity index (χ2n) is 3.62. The molecule has 2 N–H and O–H groups in total. The molecule has 1 aromatic heterocycles. The number of rotatable bonds is 3. The Morgan fingerprint density at radius 1 is 1.47 bits per heavy atom. The number of para-hydroxylation sites is 2. The Morgan fingerprint density at radius 2 is 2.20 bits per heavy atom. The third-order valence-electron chi connectivity index (χ3n) is 2.55. The molecule has 4 heteroatoms. The van der Waals surface area contributed by atoms with Gasteiger partial charge in [-0.15, -0.1) is 0 Å². The van der Waals surface area contributed by atoms with Gasteiger partial charge in [0.05, 0.1) is 23.7 Å². The van der Waals surface area contributed by atoms with Crippen molar-refractivity contribution >= 4 is 11.0 Å². The van der Waals surface area contributed by atoms with Gasteiger partial charge in [-0.1, -0.05) is 19.1 Å². The Hall–Kier alpha value is -1.55. The normalized spacial score (nSPS) is 13.2. The number of aliphatic hydroxyl groups is 1. The largest absolute Gasteiger partial charge is 0.391 e. The van der Waals surface area contributed by atoms with Crippen LogP contribution in [0.3, 0.4) is 0 Å². The maximum absolute atomic E-state index is 11.6. The number of aromatic amines is 1. The molecular weight excluding hydrogens is 192 g/mol. The van der Waals surface area contributed by atoms with Crippen molar-refractivity contribution in [2.75, 3.05) is 0 Å². The molecule has 0 saturated carbocycles. The van der Waals surface area contributed by atoms with Gasteiger partial charge < -0.3 is 10.1 Å². The fourth-order valence-corrected chi connectivity index (χ4v) is 1.63. The Kier molecular flexibility index (Phi) is 2.60. The highest BCUT2D eigenvalue weighted by Gasteiger charge is 2.09. The van der Waals surface area contributed by atoms with Crippen LogP contribution in [0.1, 0.15) is 13.3 Å². The van der Waals surface area contributed by atoms with Gasteiger partial charge in [-0.2, -0.15) is 0 Å². The number of H-pyrrole nitrogens is 1. The highest BCUT2D eigenvalue weighted by Crippen LogP contribution is 2.09. The van der Waals surface area contributed by atoms with E-state index >= 15 is 0 Å². The third kappa shape index (κ3) is 1.80. The summed E-state index contributed by atoms with van der Waals surface area (Å²) in [6.07, 6.45) is 0.174. The van der Waals surface area contributed by atoms with E-state index in [9.17, 15) is 9.90 Å². The zero-order valence-corrected chi connectivity index (χ0v) is 8.60. The number of hydrogen-bond acceptors (Lipinski definition) is 2. The van der Waals surface area contributed by atoms with Crippen LogP contribution in [0.2, 0.25) is 0 Å². The first-order valence-corrected chi connectivity index (χ1v) is 5.08. The molecule has 0 aliphatic carbocycles. The molecule has 80 valence electrons. The summed E-state index contributed by atoms with van der Waals surface area (Å²) < 4.78 is 1.57. The molecule has 0 aliphatic heterocycles. The van der Waals surface area contributed by atoms with Gasteiger partial charge in [0.2, 0.25) is 0 Å². The van der Waals surface area contributed by atoms with E-state index in [0.29, 0.717) is 13.0 Å². The number of hydrogen-bond donors (Lipinski definition) is 2. The lowest BCUT2D eigenvalue weighted by atomic mass is 10.2. The van der Waals surface area contributed by atoms with Crippen LogP contribution in [0.15, 0.2) is 29.1 Å². The lowest BCUT2D eigenvalue weighted by Gasteiger charge is -2.08. The summed E-state index contributed by atoms with van der Waals surface area (Å²) >= 11 is 0. The van der Waals surface area contributed by atoms with Crippen molar-refractivity contribution < 1.29 is 5.11 Å². The predicted octanol–water partition coefficient (Wildman–Crippen LogP) is 1.10. The fraction of sp³-hybridized carbons (Fsp3) is 0.364. The van der Waals surface area contributed by atoms with E-state index in [1.54, 1.807) is 4.57 Å². The van der Waals surface area contributed by atoms with Gasteiger partial charge in [-0.05, 0) is 18.6 Å². The zero-order valence-electron chi connectivity index (χ0n) is 8.60. The van der Waals surface area contributed by atoms with Gasteiger partial charge >= 0.3 is 5.69 Å². The second-order valence-corrected chi connectivity index (χ2v) is 3.62. The van der Waals surface area contributed by atoms with Crippen molar-refractivity contribution in [1.82, 2.24) is 9.55 Å². The highest BCUT2D eigenvalue weighted by atomic mass is 16.3. The van der Waals surface area contributed by atoms with Crippen molar-refractivity contribution in [3.63, 3.8) is 0 Å². The summed E-state index contributed by atoms with van der Waals surface area (Å²) in [5, 5.41) is 9.54. The van der Waals surface area contributed by atoms with Crippen molar-refractivity contribution in [2.45, 2.75) is 26.0 Å². The summed E-state index contributed by atoms with van der Waals surface area (Å²) in [6, 6.07) is 7.48. The average molecular weight is 206 g/mol. The molecule has 2 rings (SSSR count). The second kappa shape index (κ2) is 3.90. The van der Waals surface area contributed by atoms with Crippen molar-refractivity contribution in [1.29, 1.82) is 0 Å². The third-order valence-corrected chi connectivity index (χ3v) is 2.55. The molecular formula is C11H14N2O2. The maximum atomic E-state index is 11.6. The topological polar surface area (TPSA) is 58.0 Å². The van der Waals surface area contributed by atoms with Crippen LogP contribution in [-0.4, -0.2) is 20.8 Å². The molecule has 0 bridgehead atoms. The first kappa shape index (κ1) is 9.98. The van der Waals surface area contributed by atoms with Gasteiger partial charge in [0.15, 0.2) is 0 Å². The molecule has 0 radical (unpaired) electrons. The SMILES string of the molecule is CC[C@H](O)Cn1c(=O)[nH]c2ccccc21. The van der Waals surface area contributed by atoms with Gasteiger partial charge in [0, 0.05) is 0 Å². The van der Waals surface area contributed by atoms with Crippen LogP contribution < -0.4 is 5.69 Å². The van der Waals surface area contributed by atoms with Crippen molar-refractivity contribution in [3.8, 4) is 0 Å². The Morgan fingerprint density at radius 3 is 2.93 bits per heavy atom. The average Bonchev–Trinajstić information content (AvgIpc) is 2.55. The lowest BCUT2D eigenvalue weighted by Crippen LogP contribution is -2.24. The molecule has 0 aliphatic rings. The summed E-state index contributed by atoms with van der Waals surface area (Å²) in [7, 11) is 0. The Balaban J connectivity index is 2.50. The Labute approximate surface area is 87.2 Å². The molecule has 1 atom stereocenters. The van der Waals surface area contributed by atoms with E-state index in [2.05, 4.69) is 4.98 Å². The number of benzene rings is 1. The van der Waals surface area contributed by atoms with Gasteiger partial charge in [-0.25, -0.2) is 4.79 Å². The van der Waals surface area contributed by atoms with Crippen molar-refractivity contribution in [2.24, 2.45) is 0 Å². The first-order chi connectivity index (χ1) is 7.22. The van der Waals surface area contributed by atoms with Crippen LogP contribution >= 0.6 is 0 Å². The number of nitrogens with zero attached hydrogens (tertiary/aromatic N) is 1. The summed E-state index contributed by atoms with van der Waals surface area (Å²) in [6.45, 7) is 2.24. The van der Waals surface area contributed by atoms with Crippen LogP contribution in [0.25, 0.3) is 11.0 Å². The molecule has 0 spiro atoms. The molecule has 0 fully saturated rings. The van der Waals surface area contributed by atoms with Gasteiger partial charge in [-0.3, -0.25) is 4.57 Å².